The number of benzene rings is 2. The second-order valence-corrected chi connectivity index (χ2v) is 4.81. The Labute approximate surface area is 111 Å². The van der Waals surface area contributed by atoms with Gasteiger partial charge in [0.15, 0.2) is 0 Å². The molecule has 2 aromatic carbocycles. The van der Waals surface area contributed by atoms with Crippen LogP contribution in [0, 0.1) is 6.92 Å². The molecule has 0 saturated heterocycles. The lowest BCUT2D eigenvalue weighted by molar-refractivity contribution is 1.14. The fourth-order valence-electron chi connectivity index (χ4n) is 1.62. The molecule has 0 aliphatic heterocycles. The van der Waals surface area contributed by atoms with E-state index in [1.54, 1.807) is 0 Å². The van der Waals surface area contributed by atoms with Gasteiger partial charge in [-0.15, -0.1) is 0 Å². The van der Waals surface area contributed by atoms with Gasteiger partial charge < -0.3 is 5.32 Å². The van der Waals surface area contributed by atoms with Gasteiger partial charge in [-0.25, -0.2) is 0 Å². The zero-order chi connectivity index (χ0) is 12.3. The van der Waals surface area contributed by atoms with Crippen molar-refractivity contribution in [3.05, 3.63) is 63.6 Å². The van der Waals surface area contributed by atoms with Gasteiger partial charge in [0.05, 0.1) is 0 Å². The van der Waals surface area contributed by atoms with Crippen molar-refractivity contribution in [1.82, 2.24) is 0 Å². The Hall–Kier alpha value is -1.18. The second kappa shape index (κ2) is 5.44. The van der Waals surface area contributed by atoms with Crippen LogP contribution in [0.1, 0.15) is 11.1 Å². The highest BCUT2D eigenvalue weighted by molar-refractivity contribution is 6.30. The molecule has 0 aliphatic carbocycles. The number of hydrogen-bond acceptors (Lipinski definition) is 1. The molecule has 0 unspecified atom stereocenters. The van der Waals surface area contributed by atoms with Crippen LogP contribution >= 0.6 is 23.2 Å². The Kier molecular flexibility index (Phi) is 3.93. The van der Waals surface area contributed by atoms with Gasteiger partial charge in [-0.2, -0.15) is 0 Å². The van der Waals surface area contributed by atoms with Crippen LogP contribution in [0.25, 0.3) is 0 Å². The Morgan fingerprint density at radius 1 is 0.941 bits per heavy atom. The van der Waals surface area contributed by atoms with Crippen LogP contribution in [0.4, 0.5) is 5.69 Å². The van der Waals surface area contributed by atoms with Crippen LogP contribution in [0.15, 0.2) is 42.5 Å². The second-order valence-electron chi connectivity index (χ2n) is 3.94. The van der Waals surface area contributed by atoms with E-state index in [0.717, 1.165) is 27.8 Å². The van der Waals surface area contributed by atoms with Crippen molar-refractivity contribution >= 4 is 28.9 Å². The van der Waals surface area contributed by atoms with Crippen LogP contribution < -0.4 is 5.32 Å². The summed E-state index contributed by atoms with van der Waals surface area (Å²) in [7, 11) is 0. The van der Waals surface area contributed by atoms with Crippen molar-refractivity contribution in [3.63, 3.8) is 0 Å². The lowest BCUT2D eigenvalue weighted by Gasteiger charge is -2.09. The molecule has 1 nitrogen and oxygen atoms in total. The summed E-state index contributed by atoms with van der Waals surface area (Å²) in [6, 6.07) is 13.7. The summed E-state index contributed by atoms with van der Waals surface area (Å²) in [5.41, 5.74) is 3.44. The van der Waals surface area contributed by atoms with E-state index in [-0.39, 0.29) is 0 Å². The first-order valence-electron chi connectivity index (χ1n) is 5.39. The standard InChI is InChI=1S/C14H13Cl2N/c1-10-8-13(16)6-7-14(10)17-9-11-2-4-12(15)5-3-11/h2-8,17H,9H2,1H3. The minimum Gasteiger partial charge on any atom is -0.381 e. The van der Waals surface area contributed by atoms with E-state index < -0.39 is 0 Å². The highest BCUT2D eigenvalue weighted by Gasteiger charge is 1.99. The minimum absolute atomic E-state index is 0.761. The van der Waals surface area contributed by atoms with Gasteiger partial charge in [0.1, 0.15) is 0 Å². The van der Waals surface area contributed by atoms with Crippen LogP contribution in [-0.2, 0) is 6.54 Å². The van der Waals surface area contributed by atoms with E-state index in [9.17, 15) is 0 Å². The molecular weight excluding hydrogens is 253 g/mol. The van der Waals surface area contributed by atoms with E-state index >= 15 is 0 Å². The quantitative estimate of drug-likeness (QED) is 0.831. The first-order valence-corrected chi connectivity index (χ1v) is 6.15. The zero-order valence-corrected chi connectivity index (χ0v) is 11.0. The largest absolute Gasteiger partial charge is 0.381 e. The third-order valence-corrected chi connectivity index (χ3v) is 3.07. The average Bonchev–Trinajstić information content (AvgIpc) is 2.30. The Morgan fingerprint density at radius 3 is 2.24 bits per heavy atom. The molecule has 88 valence electrons. The predicted molar refractivity (Wildman–Crippen MR) is 75.0 cm³/mol. The Bertz CT molecular complexity index is 506. The summed E-state index contributed by atoms with van der Waals surface area (Å²) < 4.78 is 0. The third-order valence-electron chi connectivity index (χ3n) is 2.58. The fraction of sp³-hybridized carbons (Fsp3) is 0.143. The Balaban J connectivity index is 2.04. The molecule has 17 heavy (non-hydrogen) atoms. The highest BCUT2D eigenvalue weighted by atomic mass is 35.5. The number of anilines is 1. The summed E-state index contributed by atoms with van der Waals surface area (Å²) in [6.45, 7) is 2.82. The van der Waals surface area contributed by atoms with Gasteiger partial charge in [0.25, 0.3) is 0 Å². The molecule has 0 radical (unpaired) electrons. The molecule has 0 aromatic heterocycles. The number of nitrogens with one attached hydrogen (secondary N) is 1. The van der Waals surface area contributed by atoms with E-state index in [1.165, 1.54) is 5.56 Å². The summed E-state index contributed by atoms with van der Waals surface area (Å²) in [5.74, 6) is 0. The summed E-state index contributed by atoms with van der Waals surface area (Å²) >= 11 is 11.7. The molecule has 0 saturated carbocycles. The van der Waals surface area contributed by atoms with E-state index in [4.69, 9.17) is 23.2 Å². The van der Waals surface area contributed by atoms with Crippen molar-refractivity contribution < 1.29 is 0 Å². The fourth-order valence-corrected chi connectivity index (χ4v) is 1.98. The molecule has 0 bridgehead atoms. The summed E-state index contributed by atoms with van der Waals surface area (Å²) in [5, 5.41) is 4.90. The monoisotopic (exact) mass is 265 g/mol. The highest BCUT2D eigenvalue weighted by Crippen LogP contribution is 2.20. The maximum absolute atomic E-state index is 5.91. The SMILES string of the molecule is Cc1cc(Cl)ccc1NCc1ccc(Cl)cc1. The molecule has 1 N–H and O–H groups in total. The number of hydrogen-bond donors (Lipinski definition) is 1. The maximum atomic E-state index is 5.91. The van der Waals surface area contributed by atoms with Crippen LogP contribution in [-0.4, -0.2) is 0 Å². The van der Waals surface area contributed by atoms with Gasteiger partial charge in [0, 0.05) is 22.3 Å². The van der Waals surface area contributed by atoms with Gasteiger partial charge >= 0.3 is 0 Å². The number of halogens is 2. The van der Waals surface area contributed by atoms with Crippen molar-refractivity contribution in [1.29, 1.82) is 0 Å². The van der Waals surface area contributed by atoms with Crippen molar-refractivity contribution in [3.8, 4) is 0 Å². The first kappa shape index (κ1) is 12.3. The van der Waals surface area contributed by atoms with Crippen LogP contribution in [0.5, 0.6) is 0 Å². The lowest BCUT2D eigenvalue weighted by Crippen LogP contribution is -2.00. The maximum Gasteiger partial charge on any atom is 0.0410 e. The number of rotatable bonds is 3. The summed E-state index contributed by atoms with van der Waals surface area (Å²) in [6.07, 6.45) is 0. The molecule has 2 rings (SSSR count). The topological polar surface area (TPSA) is 12.0 Å². The molecule has 0 heterocycles. The third kappa shape index (κ3) is 3.39. The van der Waals surface area contributed by atoms with Crippen molar-refractivity contribution in [2.45, 2.75) is 13.5 Å². The first-order chi connectivity index (χ1) is 8.15. The van der Waals surface area contributed by atoms with Crippen LogP contribution in [0.2, 0.25) is 10.0 Å². The molecule has 2 aromatic rings. The van der Waals surface area contributed by atoms with E-state index in [2.05, 4.69) is 5.32 Å². The smallest absolute Gasteiger partial charge is 0.0410 e. The lowest BCUT2D eigenvalue weighted by atomic mass is 10.2. The summed E-state index contributed by atoms with van der Waals surface area (Å²) in [4.78, 5) is 0. The Morgan fingerprint density at radius 2 is 1.59 bits per heavy atom. The van der Waals surface area contributed by atoms with Gasteiger partial charge in [0.2, 0.25) is 0 Å². The normalized spacial score (nSPS) is 10.3. The van der Waals surface area contributed by atoms with Gasteiger partial charge in [-0.3, -0.25) is 0 Å². The van der Waals surface area contributed by atoms with Gasteiger partial charge in [-0.05, 0) is 48.4 Å². The molecular formula is C14H13Cl2N. The van der Waals surface area contributed by atoms with Gasteiger partial charge in [-0.1, -0.05) is 35.3 Å². The van der Waals surface area contributed by atoms with Crippen LogP contribution in [0.3, 0.4) is 0 Å². The molecule has 0 fully saturated rings. The zero-order valence-electron chi connectivity index (χ0n) is 9.50. The molecule has 0 amide bonds. The average molecular weight is 266 g/mol. The van der Waals surface area contributed by atoms with Crippen molar-refractivity contribution in [2.24, 2.45) is 0 Å². The molecule has 0 atom stereocenters. The predicted octanol–water partition coefficient (Wildman–Crippen LogP) is 4.91. The number of aryl methyl sites for hydroxylation is 1. The van der Waals surface area contributed by atoms with E-state index in [1.807, 2.05) is 49.4 Å². The molecule has 0 spiro atoms. The molecule has 0 aliphatic rings. The van der Waals surface area contributed by atoms with E-state index in [0.29, 0.717) is 0 Å². The van der Waals surface area contributed by atoms with Crippen molar-refractivity contribution in [2.75, 3.05) is 5.32 Å². The minimum atomic E-state index is 0.761. The molecule has 3 heteroatoms.